The summed E-state index contributed by atoms with van der Waals surface area (Å²) in [5.41, 5.74) is 3.20. The molecule has 1 aliphatic heterocycles. The van der Waals surface area contributed by atoms with Crippen LogP contribution < -0.4 is 18.9 Å². The average Bonchev–Trinajstić information content (AvgIpc) is 3.04. The van der Waals surface area contributed by atoms with Gasteiger partial charge in [-0.1, -0.05) is 6.42 Å². The molecule has 196 valence electrons. The number of hydrogen-bond donors (Lipinski definition) is 0. The number of fused-ring (bicyclic) bond motifs is 1. The van der Waals surface area contributed by atoms with Gasteiger partial charge in [0.1, 0.15) is 11.5 Å². The molecule has 0 atom stereocenters. The minimum atomic E-state index is 0.106. The first-order valence-corrected chi connectivity index (χ1v) is 12.6. The van der Waals surface area contributed by atoms with Crippen molar-refractivity contribution in [1.82, 2.24) is 9.80 Å². The van der Waals surface area contributed by atoms with E-state index in [1.807, 2.05) is 35.4 Å². The summed E-state index contributed by atoms with van der Waals surface area (Å²) in [6, 6.07) is 9.90. The van der Waals surface area contributed by atoms with Crippen molar-refractivity contribution in [3.05, 3.63) is 53.2 Å². The molecule has 1 aliphatic rings. The highest BCUT2D eigenvalue weighted by Gasteiger charge is 2.19. The number of carbonyl (C=O) groups excluding carboxylic acids is 1. The van der Waals surface area contributed by atoms with E-state index < -0.39 is 0 Å². The Kier molecular flexibility index (Phi) is 10.5. The summed E-state index contributed by atoms with van der Waals surface area (Å²) in [7, 11) is 8.75. The maximum absolute atomic E-state index is 12.8. The summed E-state index contributed by atoms with van der Waals surface area (Å²) in [4.78, 5) is 17.0. The van der Waals surface area contributed by atoms with E-state index in [9.17, 15) is 4.79 Å². The van der Waals surface area contributed by atoms with Crippen molar-refractivity contribution >= 4 is 12.0 Å². The van der Waals surface area contributed by atoms with E-state index in [4.69, 9.17) is 18.9 Å². The Balaban J connectivity index is 1.37. The molecule has 0 radical (unpaired) electrons. The van der Waals surface area contributed by atoms with Crippen LogP contribution in [-0.4, -0.2) is 70.8 Å². The number of methoxy groups -OCH3 is 4. The van der Waals surface area contributed by atoms with Crippen molar-refractivity contribution in [2.45, 2.75) is 38.5 Å². The van der Waals surface area contributed by atoms with Gasteiger partial charge in [-0.25, -0.2) is 0 Å². The van der Waals surface area contributed by atoms with E-state index in [1.54, 1.807) is 28.4 Å². The molecule has 7 nitrogen and oxygen atoms in total. The van der Waals surface area contributed by atoms with Gasteiger partial charge in [-0.15, -0.1) is 0 Å². The van der Waals surface area contributed by atoms with E-state index in [2.05, 4.69) is 24.1 Å². The zero-order valence-electron chi connectivity index (χ0n) is 22.3. The topological polar surface area (TPSA) is 60.5 Å². The van der Waals surface area contributed by atoms with Crippen LogP contribution >= 0.6 is 0 Å². The van der Waals surface area contributed by atoms with Gasteiger partial charge in [0.2, 0.25) is 5.91 Å². The van der Waals surface area contributed by atoms with Crippen molar-refractivity contribution in [2.24, 2.45) is 0 Å². The van der Waals surface area contributed by atoms with Crippen LogP contribution in [0.1, 0.15) is 42.4 Å². The highest BCUT2D eigenvalue weighted by molar-refractivity contribution is 5.84. The molecule has 0 aliphatic carbocycles. The SMILES string of the molecule is COc1cc(CCCCCN(C)CCCN2C=Cc3cc(OC)c(OC)cc3CC2=O)cc(OC)c1. The van der Waals surface area contributed by atoms with Gasteiger partial charge in [-0.3, -0.25) is 4.79 Å². The lowest BCUT2D eigenvalue weighted by atomic mass is 10.0. The Morgan fingerprint density at radius 1 is 0.806 bits per heavy atom. The minimum absolute atomic E-state index is 0.106. The van der Waals surface area contributed by atoms with Gasteiger partial charge in [-0.2, -0.15) is 0 Å². The van der Waals surface area contributed by atoms with Crippen LogP contribution in [0.4, 0.5) is 0 Å². The normalized spacial score (nSPS) is 12.9. The Bertz CT molecular complexity index is 1010. The third-order valence-electron chi connectivity index (χ3n) is 6.60. The molecule has 2 aromatic carbocycles. The van der Waals surface area contributed by atoms with E-state index in [0.29, 0.717) is 24.5 Å². The molecular formula is C29H40N2O5. The fourth-order valence-electron chi connectivity index (χ4n) is 4.48. The number of aryl methyl sites for hydroxylation is 1. The Labute approximate surface area is 215 Å². The molecule has 0 unspecified atom stereocenters. The Morgan fingerprint density at radius 2 is 1.47 bits per heavy atom. The molecule has 0 aromatic heterocycles. The standard InChI is InChI=1S/C29H40N2O5/c1-30(12-8-6-7-10-22-16-25(33-2)21-26(17-22)34-3)13-9-14-31-15-11-23-18-27(35-4)28(36-5)19-24(23)20-29(31)32/h11,15-19,21H,6-10,12-14,20H2,1-5H3. The van der Waals surface area contributed by atoms with Crippen molar-refractivity contribution in [2.75, 3.05) is 55.1 Å². The van der Waals surface area contributed by atoms with Gasteiger partial charge in [0.05, 0.1) is 34.9 Å². The predicted octanol–water partition coefficient (Wildman–Crippen LogP) is 4.81. The van der Waals surface area contributed by atoms with Crippen LogP contribution in [0.15, 0.2) is 36.5 Å². The molecule has 36 heavy (non-hydrogen) atoms. The minimum Gasteiger partial charge on any atom is -0.497 e. The summed E-state index contributed by atoms with van der Waals surface area (Å²) in [5, 5.41) is 0. The highest BCUT2D eigenvalue weighted by atomic mass is 16.5. The molecule has 0 fully saturated rings. The van der Waals surface area contributed by atoms with Crippen LogP contribution in [0.5, 0.6) is 23.0 Å². The summed E-state index contributed by atoms with van der Waals surface area (Å²) in [5.74, 6) is 3.10. The third-order valence-corrected chi connectivity index (χ3v) is 6.60. The first-order chi connectivity index (χ1) is 17.5. The van der Waals surface area contributed by atoms with Crippen LogP contribution in [0.25, 0.3) is 6.08 Å². The molecular weight excluding hydrogens is 456 g/mol. The predicted molar refractivity (Wildman–Crippen MR) is 143 cm³/mol. The molecule has 0 N–H and O–H groups in total. The zero-order valence-corrected chi connectivity index (χ0v) is 22.3. The lowest BCUT2D eigenvalue weighted by Crippen LogP contribution is -2.30. The lowest BCUT2D eigenvalue weighted by Gasteiger charge is -2.20. The van der Waals surface area contributed by atoms with Crippen LogP contribution in [0.2, 0.25) is 0 Å². The number of benzene rings is 2. The van der Waals surface area contributed by atoms with Crippen molar-refractivity contribution < 1.29 is 23.7 Å². The van der Waals surface area contributed by atoms with Gasteiger partial charge in [-0.05, 0) is 92.9 Å². The monoisotopic (exact) mass is 496 g/mol. The molecule has 0 saturated carbocycles. The molecule has 7 heteroatoms. The second kappa shape index (κ2) is 13.8. The quantitative estimate of drug-likeness (QED) is 0.350. The number of hydrogen-bond acceptors (Lipinski definition) is 6. The second-order valence-corrected chi connectivity index (χ2v) is 9.17. The third kappa shape index (κ3) is 7.65. The number of rotatable bonds is 14. The Hall–Kier alpha value is -3.19. The number of amides is 1. The maximum atomic E-state index is 12.8. The fourth-order valence-corrected chi connectivity index (χ4v) is 4.48. The number of nitrogens with zero attached hydrogens (tertiary/aromatic N) is 2. The summed E-state index contributed by atoms with van der Waals surface area (Å²) in [6.07, 6.45) is 9.64. The molecule has 2 aromatic rings. The first-order valence-electron chi connectivity index (χ1n) is 12.6. The molecule has 1 amide bonds. The molecule has 0 bridgehead atoms. The van der Waals surface area contributed by atoms with Crippen molar-refractivity contribution in [3.8, 4) is 23.0 Å². The Morgan fingerprint density at radius 3 is 2.14 bits per heavy atom. The number of carbonyl (C=O) groups is 1. The van der Waals surface area contributed by atoms with E-state index >= 15 is 0 Å². The molecule has 1 heterocycles. The fraction of sp³-hybridized carbons (Fsp3) is 0.483. The van der Waals surface area contributed by atoms with Crippen LogP contribution in [0, 0.1) is 0 Å². The van der Waals surface area contributed by atoms with Crippen LogP contribution in [0.3, 0.4) is 0 Å². The van der Waals surface area contributed by atoms with Gasteiger partial charge < -0.3 is 28.7 Å². The van der Waals surface area contributed by atoms with Crippen molar-refractivity contribution in [1.29, 1.82) is 0 Å². The van der Waals surface area contributed by atoms with E-state index in [1.165, 1.54) is 12.0 Å². The maximum Gasteiger partial charge on any atom is 0.230 e. The summed E-state index contributed by atoms with van der Waals surface area (Å²) in [6.45, 7) is 2.72. The second-order valence-electron chi connectivity index (χ2n) is 9.17. The first kappa shape index (κ1) is 27.4. The summed E-state index contributed by atoms with van der Waals surface area (Å²) < 4.78 is 21.5. The highest BCUT2D eigenvalue weighted by Crippen LogP contribution is 2.32. The average molecular weight is 497 g/mol. The van der Waals surface area contributed by atoms with Crippen molar-refractivity contribution in [3.63, 3.8) is 0 Å². The van der Waals surface area contributed by atoms with Gasteiger partial charge in [0.15, 0.2) is 11.5 Å². The molecule has 3 rings (SSSR count). The van der Waals surface area contributed by atoms with E-state index in [-0.39, 0.29) is 5.91 Å². The zero-order chi connectivity index (χ0) is 25.9. The molecule has 0 saturated heterocycles. The molecule has 0 spiro atoms. The number of unbranched alkanes of at least 4 members (excludes halogenated alkanes) is 2. The van der Waals surface area contributed by atoms with Gasteiger partial charge in [0.25, 0.3) is 0 Å². The summed E-state index contributed by atoms with van der Waals surface area (Å²) >= 11 is 0. The number of ether oxygens (including phenoxy) is 4. The lowest BCUT2D eigenvalue weighted by molar-refractivity contribution is -0.127. The largest absolute Gasteiger partial charge is 0.497 e. The van der Waals surface area contributed by atoms with E-state index in [0.717, 1.165) is 61.4 Å². The smallest absolute Gasteiger partial charge is 0.230 e. The van der Waals surface area contributed by atoms with Gasteiger partial charge >= 0.3 is 0 Å². The van der Waals surface area contributed by atoms with Crippen LogP contribution in [-0.2, 0) is 17.6 Å². The van der Waals surface area contributed by atoms with Gasteiger partial charge in [0, 0.05) is 18.8 Å².